The molecule has 3 heteroatoms. The third kappa shape index (κ3) is 2.81. The van der Waals surface area contributed by atoms with E-state index in [9.17, 15) is 4.79 Å². The van der Waals surface area contributed by atoms with E-state index in [0.29, 0.717) is 24.3 Å². The summed E-state index contributed by atoms with van der Waals surface area (Å²) in [6.45, 7) is 1.00. The molecule has 0 radical (unpaired) electrons. The van der Waals surface area contributed by atoms with Gasteiger partial charge in [-0.3, -0.25) is 4.79 Å². The quantitative estimate of drug-likeness (QED) is 0.833. The van der Waals surface area contributed by atoms with E-state index in [-0.39, 0.29) is 6.04 Å². The second kappa shape index (κ2) is 5.82. The molecule has 3 fully saturated rings. The molecule has 0 aromatic rings. The molecule has 2 unspecified atom stereocenters. The Morgan fingerprint density at radius 1 is 1.00 bits per heavy atom. The van der Waals surface area contributed by atoms with Crippen molar-refractivity contribution in [3.8, 4) is 0 Å². The highest BCUT2D eigenvalue weighted by Gasteiger charge is 2.37. The summed E-state index contributed by atoms with van der Waals surface area (Å²) in [5.41, 5.74) is 6.12. The number of likely N-dealkylation sites (tertiary alicyclic amines) is 1. The number of rotatable bonds is 2. The van der Waals surface area contributed by atoms with E-state index in [0.717, 1.165) is 25.3 Å². The monoisotopic (exact) mass is 264 g/mol. The Kier molecular flexibility index (Phi) is 4.11. The van der Waals surface area contributed by atoms with E-state index < -0.39 is 0 Å². The fourth-order valence-electron chi connectivity index (χ4n) is 4.59. The van der Waals surface area contributed by atoms with Crippen LogP contribution >= 0.6 is 0 Å². The lowest BCUT2D eigenvalue weighted by molar-refractivity contribution is -0.138. The molecule has 1 aliphatic heterocycles. The lowest BCUT2D eigenvalue weighted by Gasteiger charge is -2.44. The van der Waals surface area contributed by atoms with Crippen LogP contribution in [-0.2, 0) is 4.79 Å². The highest BCUT2D eigenvalue weighted by atomic mass is 16.2. The lowest BCUT2D eigenvalue weighted by Crippen LogP contribution is -2.50. The van der Waals surface area contributed by atoms with Crippen molar-refractivity contribution in [1.29, 1.82) is 0 Å². The van der Waals surface area contributed by atoms with Crippen molar-refractivity contribution in [3.63, 3.8) is 0 Å². The Bertz CT molecular complexity index is 329. The van der Waals surface area contributed by atoms with Gasteiger partial charge >= 0.3 is 0 Å². The molecule has 3 rings (SSSR count). The first-order valence-corrected chi connectivity index (χ1v) is 8.31. The Balaban J connectivity index is 1.61. The number of nitrogens with zero attached hydrogens (tertiary/aromatic N) is 1. The second-order valence-electron chi connectivity index (χ2n) is 6.90. The normalized spacial score (nSPS) is 39.1. The number of hydrogen-bond donors (Lipinski definition) is 1. The summed E-state index contributed by atoms with van der Waals surface area (Å²) >= 11 is 0. The molecular formula is C16H28N2O. The van der Waals surface area contributed by atoms with Crippen LogP contribution in [0.3, 0.4) is 0 Å². The number of nitrogens with two attached hydrogens (primary N) is 1. The summed E-state index contributed by atoms with van der Waals surface area (Å²) in [6, 6.07) is 0.837. The molecule has 0 aromatic heterocycles. The van der Waals surface area contributed by atoms with Crippen molar-refractivity contribution in [2.75, 3.05) is 6.54 Å². The SMILES string of the molecule is N[C@@H]1CCC[C@H]1CC(=O)N1CCCC2CCCCC21. The Hall–Kier alpha value is -0.570. The maximum absolute atomic E-state index is 12.6. The summed E-state index contributed by atoms with van der Waals surface area (Å²) in [7, 11) is 0. The van der Waals surface area contributed by atoms with Crippen LogP contribution in [0.25, 0.3) is 0 Å². The van der Waals surface area contributed by atoms with Crippen LogP contribution in [0.1, 0.15) is 64.2 Å². The minimum absolute atomic E-state index is 0.274. The topological polar surface area (TPSA) is 46.3 Å². The second-order valence-corrected chi connectivity index (χ2v) is 6.90. The number of piperidine rings is 1. The minimum Gasteiger partial charge on any atom is -0.339 e. The number of amides is 1. The molecule has 1 heterocycles. The predicted molar refractivity (Wildman–Crippen MR) is 76.6 cm³/mol. The maximum Gasteiger partial charge on any atom is 0.223 e. The van der Waals surface area contributed by atoms with Gasteiger partial charge in [0.1, 0.15) is 0 Å². The van der Waals surface area contributed by atoms with Crippen molar-refractivity contribution in [1.82, 2.24) is 4.90 Å². The Labute approximate surface area is 116 Å². The average molecular weight is 264 g/mol. The summed E-state index contributed by atoms with van der Waals surface area (Å²) in [4.78, 5) is 14.9. The molecule has 0 spiro atoms. The van der Waals surface area contributed by atoms with Gasteiger partial charge in [-0.2, -0.15) is 0 Å². The molecule has 0 aromatic carbocycles. The average Bonchev–Trinajstić information content (AvgIpc) is 2.83. The van der Waals surface area contributed by atoms with E-state index in [1.807, 2.05) is 0 Å². The first-order chi connectivity index (χ1) is 9.25. The third-order valence-corrected chi connectivity index (χ3v) is 5.72. The minimum atomic E-state index is 0.274. The number of carbonyl (C=O) groups excluding carboxylic acids is 1. The van der Waals surface area contributed by atoms with Crippen LogP contribution in [-0.4, -0.2) is 29.4 Å². The van der Waals surface area contributed by atoms with E-state index in [2.05, 4.69) is 4.90 Å². The van der Waals surface area contributed by atoms with Gasteiger partial charge in [-0.05, 0) is 50.4 Å². The predicted octanol–water partition coefficient (Wildman–Crippen LogP) is 2.69. The largest absolute Gasteiger partial charge is 0.339 e. The zero-order valence-corrected chi connectivity index (χ0v) is 12.0. The Morgan fingerprint density at radius 3 is 2.58 bits per heavy atom. The number of carbonyl (C=O) groups is 1. The molecule has 2 N–H and O–H groups in total. The van der Waals surface area contributed by atoms with Crippen molar-refractivity contribution >= 4 is 5.91 Å². The van der Waals surface area contributed by atoms with E-state index in [1.165, 1.54) is 44.9 Å². The van der Waals surface area contributed by atoms with Gasteiger partial charge in [0.2, 0.25) is 5.91 Å². The first-order valence-electron chi connectivity index (χ1n) is 8.31. The van der Waals surface area contributed by atoms with Gasteiger partial charge in [-0.15, -0.1) is 0 Å². The lowest BCUT2D eigenvalue weighted by atomic mass is 9.78. The van der Waals surface area contributed by atoms with E-state index >= 15 is 0 Å². The van der Waals surface area contributed by atoms with Gasteiger partial charge in [-0.1, -0.05) is 19.3 Å². The van der Waals surface area contributed by atoms with Crippen LogP contribution < -0.4 is 5.73 Å². The number of fused-ring (bicyclic) bond motifs is 1. The molecule has 1 amide bonds. The van der Waals surface area contributed by atoms with Crippen molar-refractivity contribution in [2.45, 2.75) is 76.3 Å². The first kappa shape index (κ1) is 13.4. The summed E-state index contributed by atoms with van der Waals surface area (Å²) < 4.78 is 0. The molecular weight excluding hydrogens is 236 g/mol. The highest BCUT2D eigenvalue weighted by Crippen LogP contribution is 2.36. The van der Waals surface area contributed by atoms with Gasteiger partial charge in [0, 0.05) is 25.0 Å². The van der Waals surface area contributed by atoms with Crippen molar-refractivity contribution < 1.29 is 4.79 Å². The fourth-order valence-corrected chi connectivity index (χ4v) is 4.59. The standard InChI is InChI=1S/C16H28N2O/c17-14-8-3-6-13(14)11-16(19)18-10-4-7-12-5-1-2-9-15(12)18/h12-15H,1-11,17H2/t12?,13-,14+,15?/m0/s1. The Morgan fingerprint density at radius 2 is 1.79 bits per heavy atom. The van der Waals surface area contributed by atoms with Crippen molar-refractivity contribution in [2.24, 2.45) is 17.6 Å². The van der Waals surface area contributed by atoms with Crippen LogP contribution in [0.5, 0.6) is 0 Å². The molecule has 0 bridgehead atoms. The van der Waals surface area contributed by atoms with Crippen LogP contribution in [0, 0.1) is 11.8 Å². The zero-order chi connectivity index (χ0) is 13.2. The molecule has 3 nitrogen and oxygen atoms in total. The van der Waals surface area contributed by atoms with Gasteiger partial charge < -0.3 is 10.6 Å². The molecule has 4 atom stereocenters. The van der Waals surface area contributed by atoms with Gasteiger partial charge in [0.15, 0.2) is 0 Å². The molecule has 3 aliphatic rings. The number of hydrogen-bond acceptors (Lipinski definition) is 2. The van der Waals surface area contributed by atoms with Crippen LogP contribution in [0.4, 0.5) is 0 Å². The summed E-state index contributed by atoms with van der Waals surface area (Å²) in [5, 5.41) is 0. The van der Waals surface area contributed by atoms with Gasteiger partial charge in [0.25, 0.3) is 0 Å². The van der Waals surface area contributed by atoms with Gasteiger partial charge in [0.05, 0.1) is 0 Å². The molecule has 19 heavy (non-hydrogen) atoms. The zero-order valence-electron chi connectivity index (χ0n) is 12.0. The molecule has 1 saturated heterocycles. The summed E-state index contributed by atoms with van der Waals surface area (Å²) in [6.07, 6.45) is 12.0. The van der Waals surface area contributed by atoms with Crippen LogP contribution in [0.2, 0.25) is 0 Å². The third-order valence-electron chi connectivity index (χ3n) is 5.72. The van der Waals surface area contributed by atoms with E-state index in [4.69, 9.17) is 5.73 Å². The van der Waals surface area contributed by atoms with E-state index in [1.54, 1.807) is 0 Å². The maximum atomic E-state index is 12.6. The van der Waals surface area contributed by atoms with Crippen molar-refractivity contribution in [3.05, 3.63) is 0 Å². The molecule has 2 saturated carbocycles. The molecule has 2 aliphatic carbocycles. The molecule has 108 valence electrons. The highest BCUT2D eigenvalue weighted by molar-refractivity contribution is 5.77. The van der Waals surface area contributed by atoms with Crippen LogP contribution in [0.15, 0.2) is 0 Å². The fraction of sp³-hybridized carbons (Fsp3) is 0.938. The van der Waals surface area contributed by atoms with Gasteiger partial charge in [-0.25, -0.2) is 0 Å². The smallest absolute Gasteiger partial charge is 0.223 e. The summed E-state index contributed by atoms with van der Waals surface area (Å²) in [5.74, 6) is 1.65.